The molecule has 0 aliphatic carbocycles. The Hall–Kier alpha value is -2.69. The van der Waals surface area contributed by atoms with Gasteiger partial charge in [-0.3, -0.25) is 9.59 Å². The maximum absolute atomic E-state index is 11.9. The maximum atomic E-state index is 11.9. The Labute approximate surface area is 116 Å². The second kappa shape index (κ2) is 5.97. The van der Waals surface area contributed by atoms with Gasteiger partial charge in [0.25, 0.3) is 0 Å². The Morgan fingerprint density at radius 2 is 2.05 bits per heavy atom. The van der Waals surface area contributed by atoms with Crippen molar-refractivity contribution < 1.29 is 4.79 Å². The Morgan fingerprint density at radius 1 is 1.30 bits per heavy atom. The SMILES string of the molecule is CNC=CC(=O)c1nn(-c2ccccc2C)ccc1=O. The zero-order valence-electron chi connectivity index (χ0n) is 11.3. The molecule has 5 heteroatoms. The van der Waals surface area contributed by atoms with Gasteiger partial charge in [-0.1, -0.05) is 18.2 Å². The van der Waals surface area contributed by atoms with Gasteiger partial charge in [-0.15, -0.1) is 0 Å². The van der Waals surface area contributed by atoms with Crippen LogP contribution < -0.4 is 10.7 Å². The number of nitrogens with one attached hydrogen (secondary N) is 1. The number of aromatic nitrogens is 2. The first kappa shape index (κ1) is 13.7. The first-order valence-electron chi connectivity index (χ1n) is 6.17. The second-order valence-corrected chi connectivity index (χ2v) is 4.25. The van der Waals surface area contributed by atoms with E-state index in [4.69, 9.17) is 0 Å². The predicted octanol–water partition coefficient (Wildman–Crippen LogP) is 1.46. The minimum absolute atomic E-state index is 0.0951. The molecule has 0 amide bonds. The van der Waals surface area contributed by atoms with Gasteiger partial charge in [0, 0.05) is 31.6 Å². The number of nitrogens with zero attached hydrogens (tertiary/aromatic N) is 2. The monoisotopic (exact) mass is 269 g/mol. The standard InChI is InChI=1S/C15H15N3O2/c1-11-5-3-4-6-12(11)18-10-8-14(20)15(17-18)13(19)7-9-16-2/h3-10,16H,1-2H3. The molecule has 0 bridgehead atoms. The van der Waals surface area contributed by atoms with E-state index in [0.717, 1.165) is 11.3 Å². The molecule has 5 nitrogen and oxygen atoms in total. The Bertz CT molecular complexity index is 717. The van der Waals surface area contributed by atoms with Crippen LogP contribution >= 0.6 is 0 Å². The Morgan fingerprint density at radius 3 is 2.75 bits per heavy atom. The van der Waals surface area contributed by atoms with E-state index >= 15 is 0 Å². The lowest BCUT2D eigenvalue weighted by molar-refractivity contribution is 0.103. The number of carbonyl (C=O) groups excluding carboxylic acids is 1. The van der Waals surface area contributed by atoms with Crippen LogP contribution in [-0.2, 0) is 0 Å². The van der Waals surface area contributed by atoms with E-state index in [1.54, 1.807) is 13.2 Å². The summed E-state index contributed by atoms with van der Waals surface area (Å²) in [6, 6.07) is 8.97. The minimum atomic E-state index is -0.424. The van der Waals surface area contributed by atoms with Crippen LogP contribution in [0.25, 0.3) is 5.69 Å². The highest BCUT2D eigenvalue weighted by atomic mass is 16.1. The molecule has 0 saturated carbocycles. The average molecular weight is 269 g/mol. The fourth-order valence-corrected chi connectivity index (χ4v) is 1.77. The van der Waals surface area contributed by atoms with Crippen molar-refractivity contribution in [3.63, 3.8) is 0 Å². The smallest absolute Gasteiger partial charge is 0.211 e. The van der Waals surface area contributed by atoms with Crippen molar-refractivity contribution in [1.29, 1.82) is 0 Å². The summed E-state index contributed by atoms with van der Waals surface area (Å²) in [6.45, 7) is 1.94. The predicted molar refractivity (Wildman–Crippen MR) is 77.1 cm³/mol. The van der Waals surface area contributed by atoms with Gasteiger partial charge >= 0.3 is 0 Å². The third kappa shape index (κ3) is 2.83. The number of hydrogen-bond acceptors (Lipinski definition) is 4. The number of carbonyl (C=O) groups is 1. The number of para-hydroxylation sites is 1. The van der Waals surface area contributed by atoms with E-state index in [2.05, 4.69) is 10.4 Å². The molecule has 1 N–H and O–H groups in total. The summed E-state index contributed by atoms with van der Waals surface area (Å²) >= 11 is 0. The molecule has 2 aromatic rings. The van der Waals surface area contributed by atoms with Gasteiger partial charge in [0.15, 0.2) is 5.69 Å². The molecule has 0 aliphatic rings. The van der Waals surface area contributed by atoms with Gasteiger partial charge in [-0.2, -0.15) is 5.10 Å². The van der Waals surface area contributed by atoms with Crippen LogP contribution in [0.3, 0.4) is 0 Å². The largest absolute Gasteiger partial charge is 0.394 e. The topological polar surface area (TPSA) is 64.0 Å². The molecule has 0 unspecified atom stereocenters. The summed E-state index contributed by atoms with van der Waals surface area (Å²) in [4.78, 5) is 23.6. The molecule has 0 saturated heterocycles. The van der Waals surface area contributed by atoms with Gasteiger partial charge in [-0.05, 0) is 18.6 Å². The van der Waals surface area contributed by atoms with Gasteiger partial charge in [0.2, 0.25) is 11.2 Å². The quantitative estimate of drug-likeness (QED) is 0.674. The van der Waals surface area contributed by atoms with E-state index in [9.17, 15) is 9.59 Å². The van der Waals surface area contributed by atoms with Gasteiger partial charge < -0.3 is 5.32 Å². The lowest BCUT2D eigenvalue weighted by Crippen LogP contribution is -2.20. The fraction of sp³-hybridized carbons (Fsp3) is 0.133. The van der Waals surface area contributed by atoms with Crippen molar-refractivity contribution in [3.05, 3.63) is 70.3 Å². The molecule has 0 spiro atoms. The van der Waals surface area contributed by atoms with Crippen molar-refractivity contribution in [1.82, 2.24) is 15.1 Å². The van der Waals surface area contributed by atoms with Gasteiger partial charge in [0.1, 0.15) is 0 Å². The normalized spacial score (nSPS) is 10.7. The fourth-order valence-electron chi connectivity index (χ4n) is 1.77. The minimum Gasteiger partial charge on any atom is -0.394 e. The van der Waals surface area contributed by atoms with E-state index in [1.807, 2.05) is 31.2 Å². The highest BCUT2D eigenvalue weighted by Gasteiger charge is 2.11. The zero-order valence-corrected chi connectivity index (χ0v) is 11.3. The molecule has 1 aromatic heterocycles. The molecule has 0 aliphatic heterocycles. The Balaban J connectivity index is 2.49. The van der Waals surface area contributed by atoms with Crippen LogP contribution in [0.4, 0.5) is 0 Å². The summed E-state index contributed by atoms with van der Waals surface area (Å²) in [6.07, 6.45) is 4.31. The molecule has 0 atom stereocenters. The highest BCUT2D eigenvalue weighted by Crippen LogP contribution is 2.11. The molecular formula is C15H15N3O2. The van der Waals surface area contributed by atoms with Crippen LogP contribution in [0, 0.1) is 6.92 Å². The lowest BCUT2D eigenvalue weighted by Gasteiger charge is -2.08. The summed E-state index contributed by atoms with van der Waals surface area (Å²) in [5.74, 6) is -0.424. The van der Waals surface area contributed by atoms with Crippen LogP contribution in [0.1, 0.15) is 16.1 Å². The zero-order chi connectivity index (χ0) is 14.5. The first-order chi connectivity index (χ1) is 9.63. The molecule has 0 fully saturated rings. The molecule has 0 radical (unpaired) electrons. The first-order valence-corrected chi connectivity index (χ1v) is 6.17. The Kier molecular flexibility index (Phi) is 4.10. The third-order valence-corrected chi connectivity index (χ3v) is 2.81. The van der Waals surface area contributed by atoms with Crippen molar-refractivity contribution in [2.75, 3.05) is 7.05 Å². The maximum Gasteiger partial charge on any atom is 0.211 e. The molecule has 20 heavy (non-hydrogen) atoms. The molecule has 1 heterocycles. The number of ketones is 1. The van der Waals surface area contributed by atoms with Crippen molar-refractivity contribution in [2.45, 2.75) is 6.92 Å². The lowest BCUT2D eigenvalue weighted by atomic mass is 10.2. The van der Waals surface area contributed by atoms with Crippen LogP contribution in [0.5, 0.6) is 0 Å². The van der Waals surface area contributed by atoms with E-state index < -0.39 is 5.78 Å². The van der Waals surface area contributed by atoms with E-state index in [-0.39, 0.29) is 11.1 Å². The van der Waals surface area contributed by atoms with E-state index in [0.29, 0.717) is 0 Å². The van der Waals surface area contributed by atoms with Crippen LogP contribution in [-0.4, -0.2) is 22.6 Å². The summed E-state index contributed by atoms with van der Waals surface area (Å²) in [7, 11) is 1.67. The molecular weight excluding hydrogens is 254 g/mol. The third-order valence-electron chi connectivity index (χ3n) is 2.81. The average Bonchev–Trinajstić information content (AvgIpc) is 2.46. The number of allylic oxidation sites excluding steroid dienone is 1. The molecule has 1 aromatic carbocycles. The summed E-state index contributed by atoms with van der Waals surface area (Å²) in [5, 5.41) is 6.84. The van der Waals surface area contributed by atoms with E-state index in [1.165, 1.54) is 23.0 Å². The van der Waals surface area contributed by atoms with Crippen molar-refractivity contribution in [3.8, 4) is 5.69 Å². The van der Waals surface area contributed by atoms with Crippen molar-refractivity contribution >= 4 is 5.78 Å². The summed E-state index contributed by atoms with van der Waals surface area (Å²) < 4.78 is 1.54. The van der Waals surface area contributed by atoms with Crippen LogP contribution in [0.15, 0.2) is 53.6 Å². The highest BCUT2D eigenvalue weighted by molar-refractivity contribution is 6.02. The van der Waals surface area contributed by atoms with Crippen LogP contribution in [0.2, 0.25) is 0 Å². The van der Waals surface area contributed by atoms with Gasteiger partial charge in [0.05, 0.1) is 5.69 Å². The number of benzene rings is 1. The number of aryl methyl sites for hydroxylation is 1. The number of rotatable bonds is 4. The second-order valence-electron chi connectivity index (χ2n) is 4.25. The van der Waals surface area contributed by atoms with Crippen molar-refractivity contribution in [2.24, 2.45) is 0 Å². The molecule has 2 rings (SSSR count). The number of hydrogen-bond donors (Lipinski definition) is 1. The van der Waals surface area contributed by atoms with Gasteiger partial charge in [-0.25, -0.2) is 4.68 Å². The summed E-state index contributed by atoms with van der Waals surface area (Å²) in [5.41, 5.74) is 1.36. The molecule has 102 valence electrons.